The molecular weight excluding hydrogens is 284 g/mol. The number of rotatable bonds is 7. The minimum absolute atomic E-state index is 0.160. The minimum Gasteiger partial charge on any atom is -0.267 e. The molecule has 2 aromatic rings. The molecule has 0 bridgehead atoms. The average Bonchev–Trinajstić information content (AvgIpc) is 2.59. The first-order valence-electron chi connectivity index (χ1n) is 8.20. The van der Waals surface area contributed by atoms with E-state index in [4.69, 9.17) is 0 Å². The van der Waals surface area contributed by atoms with Gasteiger partial charge in [0.15, 0.2) is 0 Å². The van der Waals surface area contributed by atoms with Crippen LogP contribution in [0.25, 0.3) is 0 Å². The van der Waals surface area contributed by atoms with Gasteiger partial charge in [0.1, 0.15) is 0 Å². The molecule has 0 fully saturated rings. The van der Waals surface area contributed by atoms with Crippen molar-refractivity contribution in [1.82, 2.24) is 5.43 Å². The Bertz CT molecular complexity index is 662. The molecule has 2 aromatic carbocycles. The molecule has 1 N–H and O–H groups in total. The molecule has 1 amide bonds. The van der Waals surface area contributed by atoms with Crippen LogP contribution in [0.5, 0.6) is 0 Å². The lowest BCUT2D eigenvalue weighted by atomic mass is 10.0. The van der Waals surface area contributed by atoms with E-state index in [0.717, 1.165) is 42.5 Å². The van der Waals surface area contributed by atoms with Gasteiger partial charge in [-0.05, 0) is 37.0 Å². The zero-order valence-electron chi connectivity index (χ0n) is 13.9. The zero-order valence-corrected chi connectivity index (χ0v) is 13.9. The van der Waals surface area contributed by atoms with E-state index in [9.17, 15) is 4.79 Å². The number of amides is 1. The number of nitrogens with zero attached hydrogens (tertiary/aromatic N) is 1. The van der Waals surface area contributed by atoms with Crippen LogP contribution in [-0.2, 0) is 0 Å². The Morgan fingerprint density at radius 3 is 2.39 bits per heavy atom. The second-order valence-corrected chi connectivity index (χ2v) is 5.64. The van der Waals surface area contributed by atoms with Gasteiger partial charge < -0.3 is 0 Å². The van der Waals surface area contributed by atoms with Crippen LogP contribution in [0.1, 0.15) is 54.1 Å². The Morgan fingerprint density at radius 1 is 1.00 bits per heavy atom. The van der Waals surface area contributed by atoms with Gasteiger partial charge in [-0.1, -0.05) is 68.3 Å². The molecule has 0 aliphatic rings. The third-order valence-corrected chi connectivity index (χ3v) is 3.81. The maximum absolute atomic E-state index is 12.3. The van der Waals surface area contributed by atoms with E-state index >= 15 is 0 Å². The van der Waals surface area contributed by atoms with Gasteiger partial charge in [0.05, 0.1) is 5.71 Å². The van der Waals surface area contributed by atoms with Gasteiger partial charge in [-0.2, -0.15) is 5.10 Å². The molecule has 0 spiro atoms. The summed E-state index contributed by atoms with van der Waals surface area (Å²) in [5.41, 5.74) is 6.32. The number of nitrogens with one attached hydrogen (secondary N) is 1. The first-order valence-corrected chi connectivity index (χ1v) is 8.20. The van der Waals surface area contributed by atoms with Crippen molar-refractivity contribution in [3.05, 3.63) is 71.3 Å². The second-order valence-electron chi connectivity index (χ2n) is 5.64. The molecule has 0 heterocycles. The number of carbonyl (C=O) groups excluding carboxylic acids is 1. The Kier molecular flexibility index (Phi) is 6.55. The smallest absolute Gasteiger partial charge is 0.267 e. The van der Waals surface area contributed by atoms with Gasteiger partial charge in [0.2, 0.25) is 0 Å². The van der Waals surface area contributed by atoms with E-state index in [2.05, 4.69) is 17.5 Å². The zero-order chi connectivity index (χ0) is 16.5. The van der Waals surface area contributed by atoms with Gasteiger partial charge in [0.25, 0.3) is 5.91 Å². The first-order chi connectivity index (χ1) is 11.2. The summed E-state index contributed by atoms with van der Waals surface area (Å²) in [6.07, 6.45) is 4.27. The van der Waals surface area contributed by atoms with Crippen LogP contribution < -0.4 is 5.43 Å². The van der Waals surface area contributed by atoms with Gasteiger partial charge in [-0.25, -0.2) is 5.43 Å². The summed E-state index contributed by atoms with van der Waals surface area (Å²) >= 11 is 0. The molecule has 0 atom stereocenters. The summed E-state index contributed by atoms with van der Waals surface area (Å²) in [6.45, 7) is 4.11. The summed E-state index contributed by atoms with van der Waals surface area (Å²) in [7, 11) is 0. The van der Waals surface area contributed by atoms with Gasteiger partial charge in [0, 0.05) is 5.56 Å². The summed E-state index contributed by atoms with van der Waals surface area (Å²) in [4.78, 5) is 12.3. The molecule has 2 rings (SSSR count). The lowest BCUT2D eigenvalue weighted by Gasteiger charge is -2.08. The largest absolute Gasteiger partial charge is 0.271 e. The highest BCUT2D eigenvalue weighted by atomic mass is 16.2. The van der Waals surface area contributed by atoms with Crippen molar-refractivity contribution in [2.24, 2.45) is 5.10 Å². The van der Waals surface area contributed by atoms with E-state index in [1.54, 1.807) is 0 Å². The number of carbonyl (C=O) groups is 1. The quantitative estimate of drug-likeness (QED) is 0.449. The summed E-state index contributed by atoms with van der Waals surface area (Å²) in [5, 5.41) is 4.40. The van der Waals surface area contributed by atoms with Crippen LogP contribution in [-0.4, -0.2) is 11.6 Å². The van der Waals surface area contributed by atoms with Crippen molar-refractivity contribution in [2.45, 2.75) is 39.5 Å². The Morgan fingerprint density at radius 2 is 1.70 bits per heavy atom. The van der Waals surface area contributed by atoms with Gasteiger partial charge in [-0.15, -0.1) is 0 Å². The third kappa shape index (κ3) is 5.06. The highest BCUT2D eigenvalue weighted by molar-refractivity contribution is 6.02. The van der Waals surface area contributed by atoms with Crippen molar-refractivity contribution in [3.63, 3.8) is 0 Å². The van der Waals surface area contributed by atoms with Gasteiger partial charge in [-0.3, -0.25) is 4.79 Å². The fraction of sp³-hybridized carbons (Fsp3) is 0.300. The predicted octanol–water partition coefficient (Wildman–Crippen LogP) is 4.71. The minimum atomic E-state index is -0.160. The molecular formula is C20H24N2O. The predicted molar refractivity (Wildman–Crippen MR) is 95.8 cm³/mol. The van der Waals surface area contributed by atoms with Crippen LogP contribution >= 0.6 is 0 Å². The molecule has 120 valence electrons. The van der Waals surface area contributed by atoms with E-state index < -0.39 is 0 Å². The average molecular weight is 308 g/mol. The first kappa shape index (κ1) is 16.9. The van der Waals surface area contributed by atoms with Crippen molar-refractivity contribution < 1.29 is 4.79 Å². The van der Waals surface area contributed by atoms with Crippen molar-refractivity contribution in [1.29, 1.82) is 0 Å². The van der Waals surface area contributed by atoms with Gasteiger partial charge >= 0.3 is 0 Å². The topological polar surface area (TPSA) is 41.5 Å². The molecule has 0 aromatic heterocycles. The van der Waals surface area contributed by atoms with Crippen LogP contribution in [0.2, 0.25) is 0 Å². The van der Waals surface area contributed by atoms with Crippen LogP contribution in [0, 0.1) is 6.92 Å². The molecule has 23 heavy (non-hydrogen) atoms. The SMILES string of the molecule is CCCCCC(=NNC(=O)c1ccccc1C)c1ccccc1. The van der Waals surface area contributed by atoms with Crippen LogP contribution in [0.15, 0.2) is 59.7 Å². The number of aryl methyl sites for hydroxylation is 1. The molecule has 0 saturated heterocycles. The van der Waals surface area contributed by atoms with Crippen molar-refractivity contribution in [2.75, 3.05) is 0 Å². The Labute approximate surface area is 138 Å². The molecule has 0 unspecified atom stereocenters. The maximum atomic E-state index is 12.3. The molecule has 3 nitrogen and oxygen atoms in total. The van der Waals surface area contributed by atoms with E-state index in [0.29, 0.717) is 5.56 Å². The van der Waals surface area contributed by atoms with E-state index in [1.165, 1.54) is 0 Å². The fourth-order valence-corrected chi connectivity index (χ4v) is 2.44. The molecule has 0 radical (unpaired) electrons. The van der Waals surface area contributed by atoms with E-state index in [1.807, 2.05) is 61.5 Å². The van der Waals surface area contributed by atoms with Crippen molar-refractivity contribution >= 4 is 11.6 Å². The lowest BCUT2D eigenvalue weighted by molar-refractivity contribution is 0.0954. The van der Waals surface area contributed by atoms with Crippen molar-refractivity contribution in [3.8, 4) is 0 Å². The Hall–Kier alpha value is -2.42. The maximum Gasteiger partial charge on any atom is 0.271 e. The fourth-order valence-electron chi connectivity index (χ4n) is 2.44. The molecule has 3 heteroatoms. The lowest BCUT2D eigenvalue weighted by Crippen LogP contribution is -2.21. The monoisotopic (exact) mass is 308 g/mol. The number of hydrogen-bond acceptors (Lipinski definition) is 2. The molecule has 0 aliphatic heterocycles. The third-order valence-electron chi connectivity index (χ3n) is 3.81. The van der Waals surface area contributed by atoms with E-state index in [-0.39, 0.29) is 5.91 Å². The summed E-state index contributed by atoms with van der Waals surface area (Å²) in [6, 6.07) is 17.6. The van der Waals surface area contributed by atoms with Crippen LogP contribution in [0.3, 0.4) is 0 Å². The summed E-state index contributed by atoms with van der Waals surface area (Å²) in [5.74, 6) is -0.160. The number of unbranched alkanes of at least 4 members (excludes halogenated alkanes) is 2. The number of benzene rings is 2. The Balaban J connectivity index is 2.13. The second kappa shape index (κ2) is 8.89. The highest BCUT2D eigenvalue weighted by Crippen LogP contribution is 2.10. The molecule has 0 aliphatic carbocycles. The number of hydrazone groups is 1. The normalized spacial score (nSPS) is 11.3. The number of hydrogen-bond donors (Lipinski definition) is 1. The molecule has 0 saturated carbocycles. The highest BCUT2D eigenvalue weighted by Gasteiger charge is 2.09. The van der Waals surface area contributed by atoms with Crippen LogP contribution in [0.4, 0.5) is 0 Å². The summed E-state index contributed by atoms with van der Waals surface area (Å²) < 4.78 is 0. The standard InChI is InChI=1S/C20H24N2O/c1-3-4-6-15-19(17-12-7-5-8-13-17)21-22-20(23)18-14-10-9-11-16(18)2/h5,7-14H,3-4,6,15H2,1-2H3,(H,22,23).